The summed E-state index contributed by atoms with van der Waals surface area (Å²) in [4.78, 5) is 2.27. The quantitative estimate of drug-likeness (QED) is 0.662. The molecule has 0 amide bonds. The van der Waals surface area contributed by atoms with E-state index in [4.69, 9.17) is 0 Å². The molecule has 2 unspecified atom stereocenters. The predicted molar refractivity (Wildman–Crippen MR) is 70.6 cm³/mol. The number of nitrogens with one attached hydrogen (secondary N) is 2. The molecular formula is C11H25N3O2S. The molecule has 0 radical (unpaired) electrons. The lowest BCUT2D eigenvalue weighted by Crippen LogP contribution is -2.48. The minimum absolute atomic E-state index is 0.104. The molecule has 0 aromatic carbocycles. The van der Waals surface area contributed by atoms with Crippen molar-refractivity contribution in [2.45, 2.75) is 38.8 Å². The lowest BCUT2D eigenvalue weighted by molar-refractivity contribution is 0.178. The molecule has 0 aliphatic carbocycles. The standard InChI is InChI=1S/C11H25N3O2S/c1-4-12-6-8-17(15,16)13-11-5-7-14(3)10(2)9-11/h10-13H,4-9H2,1-3H3. The van der Waals surface area contributed by atoms with E-state index in [2.05, 4.69) is 28.9 Å². The molecule has 1 heterocycles. The molecule has 0 bridgehead atoms. The molecule has 102 valence electrons. The molecule has 6 heteroatoms. The first kappa shape index (κ1) is 14.9. The van der Waals surface area contributed by atoms with Crippen molar-refractivity contribution in [3.63, 3.8) is 0 Å². The van der Waals surface area contributed by atoms with Gasteiger partial charge in [0.2, 0.25) is 10.0 Å². The number of hydrogen-bond donors (Lipinski definition) is 2. The molecule has 1 rings (SSSR count). The second-order valence-electron chi connectivity index (χ2n) is 4.84. The zero-order chi connectivity index (χ0) is 12.9. The SMILES string of the molecule is CCNCCS(=O)(=O)NC1CCN(C)C(C)C1. The van der Waals surface area contributed by atoms with Crippen molar-refractivity contribution >= 4 is 10.0 Å². The third kappa shape index (κ3) is 5.33. The smallest absolute Gasteiger partial charge is 0.213 e. The van der Waals surface area contributed by atoms with Gasteiger partial charge >= 0.3 is 0 Å². The summed E-state index contributed by atoms with van der Waals surface area (Å²) in [6.07, 6.45) is 1.80. The van der Waals surface area contributed by atoms with Gasteiger partial charge in [0.05, 0.1) is 5.75 Å². The fourth-order valence-corrected chi connectivity index (χ4v) is 3.35. The van der Waals surface area contributed by atoms with Crippen LogP contribution in [-0.2, 0) is 10.0 Å². The van der Waals surface area contributed by atoms with E-state index in [0.29, 0.717) is 12.6 Å². The van der Waals surface area contributed by atoms with Crippen LogP contribution in [0, 0.1) is 0 Å². The van der Waals surface area contributed by atoms with Crippen LogP contribution in [0.3, 0.4) is 0 Å². The van der Waals surface area contributed by atoms with E-state index in [-0.39, 0.29) is 11.8 Å². The van der Waals surface area contributed by atoms with Crippen LogP contribution in [0.5, 0.6) is 0 Å². The fraction of sp³-hybridized carbons (Fsp3) is 1.00. The maximum Gasteiger partial charge on any atom is 0.213 e. The van der Waals surface area contributed by atoms with E-state index < -0.39 is 10.0 Å². The summed E-state index contributed by atoms with van der Waals surface area (Å²) in [5.74, 6) is 0.168. The summed E-state index contributed by atoms with van der Waals surface area (Å²) < 4.78 is 26.4. The zero-order valence-electron chi connectivity index (χ0n) is 11.1. The molecule has 1 fully saturated rings. The fourth-order valence-electron chi connectivity index (χ4n) is 2.09. The third-order valence-electron chi connectivity index (χ3n) is 3.35. The minimum atomic E-state index is -3.13. The number of likely N-dealkylation sites (tertiary alicyclic amines) is 1. The van der Waals surface area contributed by atoms with Gasteiger partial charge in [0, 0.05) is 18.6 Å². The summed E-state index contributed by atoms with van der Waals surface area (Å²) >= 11 is 0. The van der Waals surface area contributed by atoms with Crippen molar-refractivity contribution in [3.8, 4) is 0 Å². The predicted octanol–water partition coefficient (Wildman–Crippen LogP) is -0.00200. The summed E-state index contributed by atoms with van der Waals surface area (Å²) in [6, 6.07) is 0.554. The van der Waals surface area contributed by atoms with Crippen LogP contribution in [0.1, 0.15) is 26.7 Å². The average molecular weight is 263 g/mol. The molecule has 0 aromatic heterocycles. The van der Waals surface area contributed by atoms with E-state index in [9.17, 15) is 8.42 Å². The van der Waals surface area contributed by atoms with E-state index in [1.54, 1.807) is 0 Å². The molecular weight excluding hydrogens is 238 g/mol. The van der Waals surface area contributed by atoms with Crippen molar-refractivity contribution < 1.29 is 8.42 Å². The maximum atomic E-state index is 11.8. The highest BCUT2D eigenvalue weighted by molar-refractivity contribution is 7.89. The molecule has 5 nitrogen and oxygen atoms in total. The molecule has 1 saturated heterocycles. The van der Waals surface area contributed by atoms with Gasteiger partial charge in [-0.05, 0) is 39.9 Å². The second-order valence-corrected chi connectivity index (χ2v) is 6.71. The van der Waals surface area contributed by atoms with Crippen LogP contribution in [0.15, 0.2) is 0 Å². The second kappa shape index (κ2) is 6.68. The Morgan fingerprint density at radius 3 is 2.71 bits per heavy atom. The molecule has 2 atom stereocenters. The van der Waals surface area contributed by atoms with Gasteiger partial charge in [-0.3, -0.25) is 0 Å². The molecule has 1 aliphatic rings. The number of hydrogen-bond acceptors (Lipinski definition) is 4. The number of piperidine rings is 1. The van der Waals surface area contributed by atoms with E-state index in [1.165, 1.54) is 0 Å². The van der Waals surface area contributed by atoms with Crippen LogP contribution in [0.4, 0.5) is 0 Å². The molecule has 0 spiro atoms. The summed E-state index contributed by atoms with van der Waals surface area (Å²) in [7, 11) is -1.04. The normalized spacial score (nSPS) is 27.2. The average Bonchev–Trinajstić information content (AvgIpc) is 2.23. The number of sulfonamides is 1. The van der Waals surface area contributed by atoms with Crippen LogP contribution < -0.4 is 10.0 Å². The van der Waals surface area contributed by atoms with Gasteiger partial charge in [-0.1, -0.05) is 6.92 Å². The first-order valence-corrected chi connectivity index (χ1v) is 8.01. The molecule has 2 N–H and O–H groups in total. The van der Waals surface area contributed by atoms with Crippen LogP contribution in [0.25, 0.3) is 0 Å². The van der Waals surface area contributed by atoms with Gasteiger partial charge in [0.1, 0.15) is 0 Å². The van der Waals surface area contributed by atoms with Crippen molar-refractivity contribution in [2.24, 2.45) is 0 Å². The van der Waals surface area contributed by atoms with Crippen molar-refractivity contribution in [1.29, 1.82) is 0 Å². The summed E-state index contributed by atoms with van der Waals surface area (Å²) in [5.41, 5.74) is 0. The maximum absolute atomic E-state index is 11.8. The van der Waals surface area contributed by atoms with Gasteiger partial charge in [0.15, 0.2) is 0 Å². The first-order valence-electron chi connectivity index (χ1n) is 6.35. The minimum Gasteiger partial charge on any atom is -0.316 e. The van der Waals surface area contributed by atoms with Crippen LogP contribution in [0.2, 0.25) is 0 Å². The van der Waals surface area contributed by atoms with Gasteiger partial charge < -0.3 is 10.2 Å². The van der Waals surface area contributed by atoms with Gasteiger partial charge in [-0.15, -0.1) is 0 Å². The third-order valence-corrected chi connectivity index (χ3v) is 4.79. The first-order chi connectivity index (χ1) is 7.94. The zero-order valence-corrected chi connectivity index (χ0v) is 11.9. The topological polar surface area (TPSA) is 61.4 Å². The monoisotopic (exact) mass is 263 g/mol. The van der Waals surface area contributed by atoms with E-state index >= 15 is 0 Å². The van der Waals surface area contributed by atoms with Crippen molar-refractivity contribution in [2.75, 3.05) is 32.4 Å². The molecule has 0 aromatic rings. The lowest BCUT2D eigenvalue weighted by Gasteiger charge is -2.35. The highest BCUT2D eigenvalue weighted by atomic mass is 32.2. The Balaban J connectivity index is 2.37. The Morgan fingerprint density at radius 2 is 2.12 bits per heavy atom. The Morgan fingerprint density at radius 1 is 1.41 bits per heavy atom. The Kier molecular flexibility index (Phi) is 5.85. The Hall–Kier alpha value is -0.170. The van der Waals surface area contributed by atoms with E-state index in [1.807, 2.05) is 6.92 Å². The van der Waals surface area contributed by atoms with Crippen LogP contribution in [-0.4, -0.2) is 57.8 Å². The van der Waals surface area contributed by atoms with Gasteiger partial charge in [-0.25, -0.2) is 13.1 Å². The Labute approximate surface area is 105 Å². The molecule has 17 heavy (non-hydrogen) atoms. The van der Waals surface area contributed by atoms with Crippen molar-refractivity contribution in [1.82, 2.24) is 14.9 Å². The largest absolute Gasteiger partial charge is 0.316 e. The molecule has 0 saturated carbocycles. The highest BCUT2D eigenvalue weighted by Gasteiger charge is 2.25. The summed E-state index contributed by atoms with van der Waals surface area (Å²) in [6.45, 7) is 6.40. The number of nitrogens with zero attached hydrogens (tertiary/aromatic N) is 1. The Bertz CT molecular complexity index is 319. The lowest BCUT2D eigenvalue weighted by atomic mass is 10.0. The van der Waals surface area contributed by atoms with E-state index in [0.717, 1.165) is 25.9 Å². The van der Waals surface area contributed by atoms with Crippen molar-refractivity contribution in [3.05, 3.63) is 0 Å². The highest BCUT2D eigenvalue weighted by Crippen LogP contribution is 2.15. The molecule has 1 aliphatic heterocycles. The van der Waals surface area contributed by atoms with Gasteiger partial charge in [0.25, 0.3) is 0 Å². The van der Waals surface area contributed by atoms with Gasteiger partial charge in [-0.2, -0.15) is 0 Å². The number of rotatable bonds is 6. The van der Waals surface area contributed by atoms with Crippen LogP contribution >= 0.6 is 0 Å². The summed E-state index contributed by atoms with van der Waals surface area (Å²) in [5, 5.41) is 3.03.